The Bertz CT molecular complexity index is 1380. The van der Waals surface area contributed by atoms with Gasteiger partial charge in [-0.15, -0.1) is 0 Å². The molecule has 0 saturated carbocycles. The van der Waals surface area contributed by atoms with Gasteiger partial charge in [0.25, 0.3) is 11.7 Å². The number of methoxy groups -OCH3 is 1. The predicted molar refractivity (Wildman–Crippen MR) is 140 cm³/mol. The minimum absolute atomic E-state index is 0.0140. The first kappa shape index (κ1) is 25.4. The Balaban J connectivity index is 1.51. The number of ketones is 1. The van der Waals surface area contributed by atoms with Crippen LogP contribution in [0.1, 0.15) is 28.3 Å². The molecule has 2 aliphatic rings. The van der Waals surface area contributed by atoms with Crippen molar-refractivity contribution < 1.29 is 33.6 Å². The number of carbonyl (C=O) groups excluding carboxylic acids is 2. The first-order valence-corrected chi connectivity index (χ1v) is 12.4. The van der Waals surface area contributed by atoms with Gasteiger partial charge in [-0.25, -0.2) is 0 Å². The van der Waals surface area contributed by atoms with Crippen LogP contribution < -0.4 is 14.2 Å². The lowest BCUT2D eigenvalue weighted by atomic mass is 9.94. The summed E-state index contributed by atoms with van der Waals surface area (Å²) in [5.41, 5.74) is 2.89. The summed E-state index contributed by atoms with van der Waals surface area (Å²) in [5.74, 6) is 0.0937. The summed E-state index contributed by atoms with van der Waals surface area (Å²) in [4.78, 5) is 27.7. The van der Waals surface area contributed by atoms with Gasteiger partial charge in [0.2, 0.25) is 0 Å². The summed E-state index contributed by atoms with van der Waals surface area (Å²) >= 11 is 0. The second kappa shape index (κ2) is 11.0. The number of amides is 1. The number of aliphatic hydroxyl groups is 1. The fourth-order valence-corrected chi connectivity index (χ4v) is 4.73. The van der Waals surface area contributed by atoms with Gasteiger partial charge in [0.05, 0.1) is 18.2 Å². The number of Topliss-reactive ketones (excluding diaryl/α,β-unsaturated/α-hetero) is 1. The molecule has 0 bridgehead atoms. The van der Waals surface area contributed by atoms with E-state index >= 15 is 0 Å². The Hall–Kier alpha value is -4.30. The van der Waals surface area contributed by atoms with E-state index in [9.17, 15) is 14.7 Å². The number of benzene rings is 3. The Morgan fingerprint density at radius 2 is 1.76 bits per heavy atom. The third-order valence-corrected chi connectivity index (χ3v) is 6.64. The number of hydrogen-bond acceptors (Lipinski definition) is 7. The number of hydrogen-bond donors (Lipinski definition) is 1. The normalized spacial score (nSPS) is 18.1. The lowest BCUT2D eigenvalue weighted by Crippen LogP contribution is -2.32. The van der Waals surface area contributed by atoms with E-state index in [0.717, 1.165) is 11.1 Å². The number of aryl methyl sites for hydroxylation is 1. The standard InChI is InChI=1S/C30H29NO7/c1-19-16-22(9-10-23(19)38-18-20-6-4-3-5-7-20)28(32)26-27(31(12-13-35-2)30(34)29(26)33)21-8-11-24-25(17-21)37-15-14-36-24/h3-11,16-17,27,32H,12-15,18H2,1-2H3/b28-26-. The lowest BCUT2D eigenvalue weighted by molar-refractivity contribution is -0.140. The van der Waals surface area contributed by atoms with Gasteiger partial charge in [0, 0.05) is 19.2 Å². The molecule has 1 fully saturated rings. The molecular weight excluding hydrogens is 486 g/mol. The van der Waals surface area contributed by atoms with Crippen LogP contribution in [-0.2, 0) is 20.9 Å². The van der Waals surface area contributed by atoms with Crippen molar-refractivity contribution in [2.45, 2.75) is 19.6 Å². The van der Waals surface area contributed by atoms with Crippen molar-refractivity contribution >= 4 is 17.4 Å². The topological polar surface area (TPSA) is 94.5 Å². The molecule has 2 aliphatic heterocycles. The van der Waals surface area contributed by atoms with Gasteiger partial charge >= 0.3 is 0 Å². The Labute approximate surface area is 221 Å². The van der Waals surface area contributed by atoms with E-state index in [1.807, 2.05) is 37.3 Å². The zero-order valence-electron chi connectivity index (χ0n) is 21.3. The van der Waals surface area contributed by atoms with E-state index in [2.05, 4.69) is 0 Å². The monoisotopic (exact) mass is 515 g/mol. The van der Waals surface area contributed by atoms with Crippen LogP contribution in [-0.4, -0.2) is 55.2 Å². The van der Waals surface area contributed by atoms with Crippen molar-refractivity contribution in [3.05, 3.63) is 94.6 Å². The van der Waals surface area contributed by atoms with E-state index in [1.165, 1.54) is 12.0 Å². The second-order valence-corrected chi connectivity index (χ2v) is 9.14. The summed E-state index contributed by atoms with van der Waals surface area (Å²) in [6.45, 7) is 3.54. The highest BCUT2D eigenvalue weighted by Crippen LogP contribution is 2.42. The molecule has 0 aromatic heterocycles. The summed E-state index contributed by atoms with van der Waals surface area (Å²) in [7, 11) is 1.53. The van der Waals surface area contributed by atoms with Crippen LogP contribution in [0, 0.1) is 6.92 Å². The van der Waals surface area contributed by atoms with Crippen LogP contribution in [0.2, 0.25) is 0 Å². The van der Waals surface area contributed by atoms with Crippen LogP contribution in [0.5, 0.6) is 17.2 Å². The van der Waals surface area contributed by atoms with Gasteiger partial charge in [-0.05, 0) is 53.9 Å². The molecular formula is C30H29NO7. The van der Waals surface area contributed by atoms with Gasteiger partial charge in [-0.3, -0.25) is 9.59 Å². The van der Waals surface area contributed by atoms with Crippen LogP contribution >= 0.6 is 0 Å². The summed E-state index contributed by atoms with van der Waals surface area (Å²) in [6.07, 6.45) is 0. The largest absolute Gasteiger partial charge is 0.507 e. The number of ether oxygens (including phenoxy) is 4. The minimum atomic E-state index is -0.810. The number of rotatable bonds is 8. The van der Waals surface area contributed by atoms with Crippen molar-refractivity contribution in [2.75, 3.05) is 33.5 Å². The highest BCUT2D eigenvalue weighted by molar-refractivity contribution is 6.46. The summed E-state index contributed by atoms with van der Waals surface area (Å²) in [6, 6.07) is 19.5. The SMILES string of the molecule is COCCN1C(=O)C(=O)/C(=C(\O)c2ccc(OCc3ccccc3)c(C)c2)C1c1ccc2c(c1)OCCO2. The zero-order chi connectivity index (χ0) is 26.6. The Morgan fingerprint density at radius 1 is 1.00 bits per heavy atom. The van der Waals surface area contributed by atoms with Gasteiger partial charge < -0.3 is 29.0 Å². The van der Waals surface area contributed by atoms with Crippen molar-refractivity contribution in [3.8, 4) is 17.2 Å². The van der Waals surface area contributed by atoms with Crippen molar-refractivity contribution in [1.29, 1.82) is 0 Å². The molecule has 0 radical (unpaired) electrons. The molecule has 196 valence electrons. The second-order valence-electron chi connectivity index (χ2n) is 9.14. The van der Waals surface area contributed by atoms with Gasteiger partial charge in [0.15, 0.2) is 11.5 Å². The first-order valence-electron chi connectivity index (χ1n) is 12.4. The summed E-state index contributed by atoms with van der Waals surface area (Å²) in [5, 5.41) is 11.4. The highest BCUT2D eigenvalue weighted by Gasteiger charge is 2.46. The molecule has 8 nitrogen and oxygen atoms in total. The molecule has 3 aromatic carbocycles. The van der Waals surface area contributed by atoms with Crippen molar-refractivity contribution in [1.82, 2.24) is 4.90 Å². The van der Waals surface area contributed by atoms with Crippen LogP contribution in [0.3, 0.4) is 0 Å². The first-order chi connectivity index (χ1) is 18.5. The maximum atomic E-state index is 13.2. The predicted octanol–water partition coefficient (Wildman–Crippen LogP) is 4.41. The molecule has 1 unspecified atom stereocenters. The van der Waals surface area contributed by atoms with Crippen LogP contribution in [0.15, 0.2) is 72.3 Å². The zero-order valence-corrected chi connectivity index (χ0v) is 21.3. The van der Waals surface area contributed by atoms with Crippen LogP contribution in [0.25, 0.3) is 5.76 Å². The maximum Gasteiger partial charge on any atom is 0.295 e. The van der Waals surface area contributed by atoms with E-state index in [4.69, 9.17) is 18.9 Å². The molecule has 0 spiro atoms. The van der Waals surface area contributed by atoms with Crippen molar-refractivity contribution in [3.63, 3.8) is 0 Å². The van der Waals surface area contributed by atoms with E-state index < -0.39 is 17.7 Å². The number of nitrogens with zero attached hydrogens (tertiary/aromatic N) is 1. The fourth-order valence-electron chi connectivity index (χ4n) is 4.73. The minimum Gasteiger partial charge on any atom is -0.507 e. The third-order valence-electron chi connectivity index (χ3n) is 6.64. The average Bonchev–Trinajstić information content (AvgIpc) is 3.20. The molecule has 0 aliphatic carbocycles. The molecule has 1 amide bonds. The Morgan fingerprint density at radius 3 is 2.50 bits per heavy atom. The molecule has 5 rings (SSSR count). The van der Waals surface area contributed by atoms with E-state index in [-0.39, 0.29) is 24.5 Å². The number of carbonyl (C=O) groups is 2. The fraction of sp³-hybridized carbons (Fsp3) is 0.267. The average molecular weight is 516 g/mol. The molecule has 3 aromatic rings. The number of aliphatic hydroxyl groups excluding tert-OH is 1. The lowest BCUT2D eigenvalue weighted by Gasteiger charge is -2.26. The Kier molecular flexibility index (Phi) is 7.33. The van der Waals surface area contributed by atoms with Crippen LogP contribution in [0.4, 0.5) is 0 Å². The smallest absolute Gasteiger partial charge is 0.295 e. The number of likely N-dealkylation sites (tertiary alicyclic amines) is 1. The molecule has 1 N–H and O–H groups in total. The van der Waals surface area contributed by atoms with Gasteiger partial charge in [0.1, 0.15) is 31.3 Å². The van der Waals surface area contributed by atoms with Crippen molar-refractivity contribution in [2.24, 2.45) is 0 Å². The van der Waals surface area contributed by atoms with Gasteiger partial charge in [-0.1, -0.05) is 36.4 Å². The highest BCUT2D eigenvalue weighted by atomic mass is 16.6. The maximum absolute atomic E-state index is 13.2. The summed E-state index contributed by atoms with van der Waals surface area (Å²) < 4.78 is 22.5. The molecule has 1 atom stereocenters. The quantitative estimate of drug-likeness (QED) is 0.270. The van der Waals surface area contributed by atoms with E-state index in [0.29, 0.717) is 48.2 Å². The molecule has 2 heterocycles. The van der Waals surface area contributed by atoms with Gasteiger partial charge in [-0.2, -0.15) is 0 Å². The molecule has 38 heavy (non-hydrogen) atoms. The molecule has 8 heteroatoms. The number of fused-ring (bicyclic) bond motifs is 1. The molecule has 1 saturated heterocycles. The third kappa shape index (κ3) is 4.95. The van der Waals surface area contributed by atoms with E-state index in [1.54, 1.807) is 36.4 Å².